The van der Waals surface area contributed by atoms with Gasteiger partial charge in [0.15, 0.2) is 5.78 Å². The number of hydrogen-bond donors (Lipinski definition) is 1. The molecule has 0 unspecified atom stereocenters. The number of carbonyl (C=O) groups excluding carboxylic acids is 2. The van der Waals surface area contributed by atoms with Crippen LogP contribution in [0, 0.1) is 40.4 Å². The van der Waals surface area contributed by atoms with Gasteiger partial charge < -0.3 is 5.11 Å². The highest BCUT2D eigenvalue weighted by molar-refractivity contribution is 5.91. The second kappa shape index (κ2) is 5.27. The van der Waals surface area contributed by atoms with E-state index in [1.54, 1.807) is 13.0 Å². The lowest BCUT2D eigenvalue weighted by Crippen LogP contribution is -2.58. The number of Topliss-reactive ketones (excluding diaryl/α,β-unsaturated/α-hetero) is 1. The maximum atomic E-state index is 12.2. The standard InChI is InChI=1S/C21H30O3/c1-12(22)16-6-7-17-15-5-4-13-10-14(23)8-9-20(13,2)19(15)18(24)11-21(16,17)3/h8-9,13,15-19,24H,4-7,10-11H2,1-3H3/t13-,15-,16-,17+,18+,19+,20-,21+/m0/s1. The first-order valence-corrected chi connectivity index (χ1v) is 9.68. The van der Waals surface area contributed by atoms with Gasteiger partial charge in [-0.3, -0.25) is 9.59 Å². The number of hydrogen-bond acceptors (Lipinski definition) is 3. The Balaban J connectivity index is 1.72. The number of ketones is 2. The van der Waals surface area contributed by atoms with Gasteiger partial charge in [0, 0.05) is 12.3 Å². The average Bonchev–Trinajstić information content (AvgIpc) is 2.84. The summed E-state index contributed by atoms with van der Waals surface area (Å²) in [6.07, 6.45) is 9.19. The van der Waals surface area contributed by atoms with Gasteiger partial charge in [-0.15, -0.1) is 0 Å². The van der Waals surface area contributed by atoms with E-state index in [4.69, 9.17) is 0 Å². The van der Waals surface area contributed by atoms with Crippen molar-refractivity contribution in [3.05, 3.63) is 12.2 Å². The van der Waals surface area contributed by atoms with E-state index in [1.165, 1.54) is 0 Å². The molecule has 0 spiro atoms. The van der Waals surface area contributed by atoms with Gasteiger partial charge in [-0.25, -0.2) is 0 Å². The minimum absolute atomic E-state index is 0.0379. The predicted octanol–water partition coefficient (Wildman–Crippen LogP) is 3.55. The van der Waals surface area contributed by atoms with Crippen molar-refractivity contribution in [3.8, 4) is 0 Å². The summed E-state index contributed by atoms with van der Waals surface area (Å²) in [5.41, 5.74) is -0.101. The van der Waals surface area contributed by atoms with Crippen molar-refractivity contribution < 1.29 is 14.7 Å². The van der Waals surface area contributed by atoms with Crippen LogP contribution in [-0.2, 0) is 9.59 Å². The molecule has 0 aromatic heterocycles. The van der Waals surface area contributed by atoms with E-state index in [0.29, 0.717) is 30.0 Å². The highest BCUT2D eigenvalue weighted by atomic mass is 16.3. The summed E-state index contributed by atoms with van der Waals surface area (Å²) in [6.45, 7) is 6.25. The Kier molecular flexibility index (Phi) is 3.62. The lowest BCUT2D eigenvalue weighted by atomic mass is 9.45. The van der Waals surface area contributed by atoms with Gasteiger partial charge in [0.2, 0.25) is 0 Å². The van der Waals surface area contributed by atoms with E-state index in [-0.39, 0.29) is 34.6 Å². The SMILES string of the molecule is CC(=O)[C@@H]1CC[C@@H]2[C@@H]3CC[C@H]4CC(=O)C=C[C@]4(C)[C@H]3[C@H](O)C[C@@]21C. The van der Waals surface area contributed by atoms with E-state index in [9.17, 15) is 14.7 Å². The van der Waals surface area contributed by atoms with Crippen LogP contribution in [0.25, 0.3) is 0 Å². The van der Waals surface area contributed by atoms with Gasteiger partial charge in [-0.2, -0.15) is 0 Å². The van der Waals surface area contributed by atoms with Crippen LogP contribution in [-0.4, -0.2) is 22.8 Å². The third-order valence-electron chi connectivity index (χ3n) is 8.46. The molecule has 4 aliphatic rings. The molecule has 0 aliphatic heterocycles. The first-order chi connectivity index (χ1) is 11.3. The molecular formula is C21H30O3. The lowest BCUT2D eigenvalue weighted by Gasteiger charge is -2.60. The van der Waals surface area contributed by atoms with Crippen molar-refractivity contribution in [3.63, 3.8) is 0 Å². The molecule has 0 aromatic rings. The van der Waals surface area contributed by atoms with Crippen LogP contribution in [0.2, 0.25) is 0 Å². The van der Waals surface area contributed by atoms with Gasteiger partial charge in [-0.05, 0) is 79.6 Å². The largest absolute Gasteiger partial charge is 0.393 e. The van der Waals surface area contributed by atoms with Gasteiger partial charge in [0.25, 0.3) is 0 Å². The monoisotopic (exact) mass is 330 g/mol. The molecule has 4 aliphatic carbocycles. The summed E-state index contributed by atoms with van der Waals surface area (Å²) in [5, 5.41) is 11.2. The number of allylic oxidation sites excluding steroid dienone is 2. The summed E-state index contributed by atoms with van der Waals surface area (Å²) < 4.78 is 0. The predicted molar refractivity (Wildman–Crippen MR) is 92.2 cm³/mol. The van der Waals surface area contributed by atoms with Gasteiger partial charge in [0.05, 0.1) is 6.10 Å². The Morgan fingerprint density at radius 2 is 1.96 bits per heavy atom. The van der Waals surface area contributed by atoms with E-state index in [1.807, 2.05) is 0 Å². The Bertz CT molecular complexity index is 608. The normalized spacial score (nSPS) is 53.2. The fraction of sp³-hybridized carbons (Fsp3) is 0.810. The molecule has 3 heteroatoms. The number of aliphatic hydroxyl groups excluding tert-OH is 1. The fourth-order valence-corrected chi connectivity index (χ4v) is 7.43. The van der Waals surface area contributed by atoms with Gasteiger partial charge in [-0.1, -0.05) is 19.9 Å². The molecule has 132 valence electrons. The van der Waals surface area contributed by atoms with Gasteiger partial charge >= 0.3 is 0 Å². The van der Waals surface area contributed by atoms with E-state index < -0.39 is 0 Å². The van der Waals surface area contributed by atoms with Crippen LogP contribution in [0.1, 0.15) is 59.3 Å². The van der Waals surface area contributed by atoms with Crippen molar-refractivity contribution in [1.29, 1.82) is 0 Å². The topological polar surface area (TPSA) is 54.4 Å². The van der Waals surface area contributed by atoms with Crippen molar-refractivity contribution in [2.24, 2.45) is 40.4 Å². The minimum atomic E-state index is -0.359. The Hall–Kier alpha value is -0.960. The van der Waals surface area contributed by atoms with Crippen molar-refractivity contribution in [2.45, 2.75) is 65.4 Å². The summed E-state index contributed by atoms with van der Waals surface area (Å²) in [4.78, 5) is 24.0. The van der Waals surface area contributed by atoms with Crippen molar-refractivity contribution in [2.75, 3.05) is 0 Å². The molecule has 3 saturated carbocycles. The molecule has 0 aromatic carbocycles. The van der Waals surface area contributed by atoms with Gasteiger partial charge in [0.1, 0.15) is 5.78 Å². The zero-order chi connectivity index (χ0) is 17.3. The Morgan fingerprint density at radius 3 is 2.67 bits per heavy atom. The highest BCUT2D eigenvalue weighted by Gasteiger charge is 2.63. The smallest absolute Gasteiger partial charge is 0.155 e. The molecule has 3 nitrogen and oxygen atoms in total. The summed E-state index contributed by atoms with van der Waals surface area (Å²) in [5.74, 6) is 2.31. The maximum absolute atomic E-state index is 12.2. The van der Waals surface area contributed by atoms with Crippen LogP contribution in [0.4, 0.5) is 0 Å². The number of fused-ring (bicyclic) bond motifs is 5. The second-order valence-electron chi connectivity index (χ2n) is 9.46. The molecular weight excluding hydrogens is 300 g/mol. The molecule has 0 heterocycles. The summed E-state index contributed by atoms with van der Waals surface area (Å²) in [6, 6.07) is 0. The van der Waals surface area contributed by atoms with Crippen molar-refractivity contribution in [1.82, 2.24) is 0 Å². The van der Waals surface area contributed by atoms with Crippen molar-refractivity contribution >= 4 is 11.6 Å². The van der Waals surface area contributed by atoms with E-state index in [2.05, 4.69) is 19.9 Å². The molecule has 0 radical (unpaired) electrons. The Labute approximate surface area is 144 Å². The zero-order valence-corrected chi connectivity index (χ0v) is 15.1. The molecule has 4 rings (SSSR count). The van der Waals surface area contributed by atoms with Crippen LogP contribution < -0.4 is 0 Å². The summed E-state index contributed by atoms with van der Waals surface area (Å²) >= 11 is 0. The molecule has 24 heavy (non-hydrogen) atoms. The third kappa shape index (κ3) is 2.06. The third-order valence-corrected chi connectivity index (χ3v) is 8.46. The quantitative estimate of drug-likeness (QED) is 0.800. The first-order valence-electron chi connectivity index (χ1n) is 9.68. The van der Waals surface area contributed by atoms with Crippen LogP contribution >= 0.6 is 0 Å². The number of aliphatic hydroxyl groups is 1. The molecule has 0 amide bonds. The molecule has 0 bridgehead atoms. The second-order valence-corrected chi connectivity index (χ2v) is 9.46. The lowest BCUT2D eigenvalue weighted by molar-refractivity contribution is -0.155. The number of carbonyl (C=O) groups is 2. The maximum Gasteiger partial charge on any atom is 0.155 e. The van der Waals surface area contributed by atoms with Crippen LogP contribution in [0.15, 0.2) is 12.2 Å². The van der Waals surface area contributed by atoms with Crippen LogP contribution in [0.3, 0.4) is 0 Å². The minimum Gasteiger partial charge on any atom is -0.393 e. The molecule has 8 atom stereocenters. The number of rotatable bonds is 1. The highest BCUT2D eigenvalue weighted by Crippen LogP contribution is 2.66. The van der Waals surface area contributed by atoms with E-state index in [0.717, 1.165) is 32.1 Å². The fourth-order valence-electron chi connectivity index (χ4n) is 7.43. The first kappa shape index (κ1) is 16.5. The zero-order valence-electron chi connectivity index (χ0n) is 15.1. The summed E-state index contributed by atoms with van der Waals surface area (Å²) in [7, 11) is 0. The van der Waals surface area contributed by atoms with E-state index >= 15 is 0 Å². The Morgan fingerprint density at radius 1 is 1.21 bits per heavy atom. The average molecular weight is 330 g/mol. The molecule has 1 N–H and O–H groups in total. The molecule has 3 fully saturated rings. The molecule has 0 saturated heterocycles. The van der Waals surface area contributed by atoms with Crippen LogP contribution in [0.5, 0.6) is 0 Å².